The molecular weight excluding hydrogens is 342 g/mol. The van der Waals surface area contributed by atoms with E-state index in [4.69, 9.17) is 9.47 Å². The first kappa shape index (κ1) is 17.6. The lowest BCUT2D eigenvalue weighted by Crippen LogP contribution is -2.36. The van der Waals surface area contributed by atoms with Gasteiger partial charge in [0, 0.05) is 6.54 Å². The van der Waals surface area contributed by atoms with E-state index >= 15 is 0 Å². The fourth-order valence-corrected chi connectivity index (χ4v) is 3.64. The summed E-state index contributed by atoms with van der Waals surface area (Å²) < 4.78 is 13.7. The van der Waals surface area contributed by atoms with Crippen LogP contribution in [0.15, 0.2) is 30.9 Å². The van der Waals surface area contributed by atoms with Crippen LogP contribution in [0.2, 0.25) is 0 Å². The van der Waals surface area contributed by atoms with E-state index in [2.05, 4.69) is 32.4 Å². The normalized spacial score (nSPS) is 14.6. The van der Waals surface area contributed by atoms with E-state index in [9.17, 15) is 0 Å². The highest BCUT2D eigenvalue weighted by Crippen LogP contribution is 2.32. The molecule has 2 heterocycles. The second-order valence-corrected chi connectivity index (χ2v) is 6.86. The highest BCUT2D eigenvalue weighted by molar-refractivity contribution is 5.79. The lowest BCUT2D eigenvalue weighted by molar-refractivity contribution is -0.667. The van der Waals surface area contributed by atoms with Gasteiger partial charge in [-0.05, 0) is 50.3 Å². The van der Waals surface area contributed by atoms with E-state index in [0.29, 0.717) is 12.6 Å². The fraction of sp³-hybridized carbons (Fsp3) is 0.450. The second-order valence-electron chi connectivity index (χ2n) is 6.86. The molecule has 4 rings (SSSR count). The van der Waals surface area contributed by atoms with Gasteiger partial charge >= 0.3 is 0 Å². The van der Waals surface area contributed by atoms with Crippen LogP contribution in [-0.2, 0) is 6.54 Å². The Labute approximate surface area is 158 Å². The molecule has 0 saturated heterocycles. The van der Waals surface area contributed by atoms with Crippen molar-refractivity contribution in [1.82, 2.24) is 15.0 Å². The van der Waals surface area contributed by atoms with E-state index in [0.717, 1.165) is 53.4 Å². The van der Waals surface area contributed by atoms with Gasteiger partial charge in [0.1, 0.15) is 0 Å². The van der Waals surface area contributed by atoms with Gasteiger partial charge in [-0.2, -0.15) is 0 Å². The number of ether oxygens (including phenoxy) is 2. The molecule has 7 nitrogen and oxygen atoms in total. The number of methoxy groups -OCH3 is 1. The van der Waals surface area contributed by atoms with Crippen LogP contribution in [0.1, 0.15) is 38.2 Å². The molecule has 3 aromatic rings. The van der Waals surface area contributed by atoms with E-state index in [1.807, 2.05) is 23.9 Å². The summed E-state index contributed by atoms with van der Waals surface area (Å²) >= 11 is 0. The number of hydrogen-bond donors (Lipinski definition) is 2. The minimum Gasteiger partial charge on any atom is -0.493 e. The van der Waals surface area contributed by atoms with Crippen molar-refractivity contribution in [3.63, 3.8) is 0 Å². The number of H-pyrrole nitrogens is 1. The molecule has 2 N–H and O–H groups in total. The zero-order valence-corrected chi connectivity index (χ0v) is 15.9. The number of aromatic amines is 1. The monoisotopic (exact) mass is 368 g/mol. The molecule has 1 saturated carbocycles. The van der Waals surface area contributed by atoms with Gasteiger partial charge in [-0.25, -0.2) is 4.57 Å². The average Bonchev–Trinajstić information content (AvgIpc) is 3.36. The van der Waals surface area contributed by atoms with Gasteiger partial charge in [-0.3, -0.25) is 0 Å². The van der Waals surface area contributed by atoms with Crippen LogP contribution in [0.25, 0.3) is 11.2 Å². The molecule has 1 fully saturated rings. The van der Waals surface area contributed by atoms with E-state index < -0.39 is 0 Å². The third-order valence-electron chi connectivity index (χ3n) is 4.98. The summed E-state index contributed by atoms with van der Waals surface area (Å²) in [5.74, 6) is 2.42. The van der Waals surface area contributed by atoms with Crippen molar-refractivity contribution in [3.8, 4) is 11.5 Å². The first-order valence-corrected chi connectivity index (χ1v) is 9.57. The second kappa shape index (κ2) is 7.82. The van der Waals surface area contributed by atoms with Gasteiger partial charge in [-0.15, -0.1) is 0 Å². The molecular formula is C20H26N5O2+. The van der Waals surface area contributed by atoms with Crippen molar-refractivity contribution in [2.45, 2.75) is 45.3 Å². The molecule has 2 aromatic heterocycles. The van der Waals surface area contributed by atoms with Crippen LogP contribution in [0.5, 0.6) is 11.5 Å². The van der Waals surface area contributed by atoms with Crippen LogP contribution in [0.4, 0.5) is 5.82 Å². The number of imidazole rings is 1. The van der Waals surface area contributed by atoms with Crippen LogP contribution in [0.3, 0.4) is 0 Å². The Morgan fingerprint density at radius 3 is 2.85 bits per heavy atom. The molecule has 1 aliphatic carbocycles. The average molecular weight is 368 g/mol. The van der Waals surface area contributed by atoms with Crippen molar-refractivity contribution in [2.75, 3.05) is 19.0 Å². The summed E-state index contributed by atoms with van der Waals surface area (Å²) in [6.07, 6.45) is 8.53. The minimum absolute atomic E-state index is 0.293. The first-order chi connectivity index (χ1) is 13.3. The number of benzene rings is 1. The molecule has 1 aliphatic rings. The highest BCUT2D eigenvalue weighted by atomic mass is 16.5. The third-order valence-corrected chi connectivity index (χ3v) is 4.98. The summed E-state index contributed by atoms with van der Waals surface area (Å²) in [5.41, 5.74) is 2.90. The first-order valence-electron chi connectivity index (χ1n) is 9.57. The number of rotatable bonds is 7. The molecule has 0 unspecified atom stereocenters. The summed E-state index contributed by atoms with van der Waals surface area (Å²) in [4.78, 5) is 12.2. The van der Waals surface area contributed by atoms with Crippen molar-refractivity contribution < 1.29 is 14.0 Å². The Morgan fingerprint density at radius 1 is 1.22 bits per heavy atom. The smallest absolute Gasteiger partial charge is 0.293 e. The van der Waals surface area contributed by atoms with E-state index in [1.54, 1.807) is 13.4 Å². The van der Waals surface area contributed by atoms with Crippen LogP contribution >= 0.6 is 0 Å². The Balaban J connectivity index is 1.61. The summed E-state index contributed by atoms with van der Waals surface area (Å²) in [5, 5.41) is 3.26. The van der Waals surface area contributed by atoms with E-state index in [-0.39, 0.29) is 0 Å². The van der Waals surface area contributed by atoms with Gasteiger partial charge < -0.3 is 19.8 Å². The quantitative estimate of drug-likeness (QED) is 0.627. The number of nitrogens with zero attached hydrogens (tertiary/aromatic N) is 3. The predicted octanol–water partition coefficient (Wildman–Crippen LogP) is 3.06. The minimum atomic E-state index is 0.293. The lowest BCUT2D eigenvalue weighted by Gasteiger charge is -2.16. The highest BCUT2D eigenvalue weighted by Gasteiger charge is 2.20. The maximum Gasteiger partial charge on any atom is 0.293 e. The van der Waals surface area contributed by atoms with Gasteiger partial charge in [0.15, 0.2) is 23.3 Å². The summed E-state index contributed by atoms with van der Waals surface area (Å²) in [6, 6.07) is 6.10. The van der Waals surface area contributed by atoms with Gasteiger partial charge in [0.25, 0.3) is 5.65 Å². The maximum atomic E-state index is 6.22. The van der Waals surface area contributed by atoms with E-state index in [1.165, 1.54) is 12.8 Å². The summed E-state index contributed by atoms with van der Waals surface area (Å²) in [7, 11) is 1.68. The van der Waals surface area contributed by atoms with Crippen molar-refractivity contribution >= 4 is 17.0 Å². The Bertz CT molecular complexity index is 918. The number of anilines is 1. The maximum absolute atomic E-state index is 6.22. The molecule has 0 atom stereocenters. The Hall–Kier alpha value is -2.83. The molecule has 1 aromatic carbocycles. The van der Waals surface area contributed by atoms with Crippen molar-refractivity contribution in [1.29, 1.82) is 0 Å². The van der Waals surface area contributed by atoms with Crippen LogP contribution in [-0.4, -0.2) is 34.7 Å². The molecule has 0 spiro atoms. The largest absolute Gasteiger partial charge is 0.493 e. The van der Waals surface area contributed by atoms with Gasteiger partial charge in [0.05, 0.1) is 19.8 Å². The van der Waals surface area contributed by atoms with Crippen molar-refractivity contribution in [2.24, 2.45) is 0 Å². The SMILES string of the molecule is CCNc1nc[n+](Cc2ccc(OC)c(OC3CCCC3)c2)c2nc[nH]c12. The predicted molar refractivity (Wildman–Crippen MR) is 103 cm³/mol. The standard InChI is InChI=1S/C20H25N5O2/c1-3-21-19-18-20(23-12-22-18)25(13-24-19)11-14-8-9-16(26-2)17(10-14)27-15-6-4-5-7-15/h8-10,12-13,15H,3-7,11H2,1-2H3,(H,21,22,23)/p+1. The van der Waals surface area contributed by atoms with Crippen LogP contribution < -0.4 is 19.4 Å². The molecule has 27 heavy (non-hydrogen) atoms. The number of fused-ring (bicyclic) bond motifs is 1. The van der Waals surface area contributed by atoms with Crippen LogP contribution in [0, 0.1) is 0 Å². The van der Waals surface area contributed by atoms with Crippen molar-refractivity contribution in [3.05, 3.63) is 36.4 Å². The van der Waals surface area contributed by atoms with Gasteiger partial charge in [0.2, 0.25) is 12.1 Å². The number of hydrogen-bond acceptors (Lipinski definition) is 5. The molecule has 0 radical (unpaired) electrons. The molecule has 7 heteroatoms. The number of aromatic nitrogens is 4. The Morgan fingerprint density at radius 2 is 2.07 bits per heavy atom. The van der Waals surface area contributed by atoms with Gasteiger partial charge in [-0.1, -0.05) is 16.0 Å². The third kappa shape index (κ3) is 3.67. The fourth-order valence-electron chi connectivity index (χ4n) is 3.64. The summed E-state index contributed by atoms with van der Waals surface area (Å²) in [6.45, 7) is 3.52. The number of nitrogens with one attached hydrogen (secondary N) is 2. The Kier molecular flexibility index (Phi) is 5.09. The molecule has 0 bridgehead atoms. The lowest BCUT2D eigenvalue weighted by atomic mass is 10.2. The zero-order chi connectivity index (χ0) is 18.6. The topological polar surface area (TPSA) is 75.9 Å². The molecule has 142 valence electrons. The molecule has 0 amide bonds. The zero-order valence-electron chi connectivity index (χ0n) is 15.9. The molecule has 0 aliphatic heterocycles.